The van der Waals surface area contributed by atoms with Gasteiger partial charge in [0.15, 0.2) is 17.2 Å². The Bertz CT molecular complexity index is 738. The lowest BCUT2D eigenvalue weighted by Crippen LogP contribution is -2.17. The molecule has 2 aromatic rings. The molecule has 8 heteroatoms. The minimum absolute atomic E-state index is 0.0129. The first-order valence-electron chi connectivity index (χ1n) is 5.95. The zero-order valence-corrected chi connectivity index (χ0v) is 12.6. The number of halogens is 1. The lowest BCUT2D eigenvalue weighted by atomic mass is 10.2. The Kier molecular flexibility index (Phi) is 4.52. The molecule has 0 fully saturated rings. The summed E-state index contributed by atoms with van der Waals surface area (Å²) in [6.07, 6.45) is 1.23. The monoisotopic (exact) mass is 366 g/mol. The third-order valence-corrected chi connectivity index (χ3v) is 3.18. The van der Waals surface area contributed by atoms with Gasteiger partial charge in [-0.25, -0.2) is 5.43 Å². The van der Waals surface area contributed by atoms with Gasteiger partial charge in [0, 0.05) is 15.6 Å². The number of hydrogen-bond acceptors (Lipinski definition) is 6. The van der Waals surface area contributed by atoms with Crippen LogP contribution in [0.15, 0.2) is 39.9 Å². The summed E-state index contributed by atoms with van der Waals surface area (Å²) in [6.45, 7) is 0. The summed E-state index contributed by atoms with van der Waals surface area (Å²) < 4.78 is 0.728. The molecule has 0 unspecified atom stereocenters. The zero-order chi connectivity index (χ0) is 16.3. The number of carbonyl (C=O) groups excluding carboxylic acids is 1. The number of nitrogens with one attached hydrogen (secondary N) is 1. The molecule has 1 amide bonds. The molecule has 0 saturated heterocycles. The quantitative estimate of drug-likeness (QED) is 0.323. The fourth-order valence-corrected chi connectivity index (χ4v) is 1.97. The fraction of sp³-hybridized carbons (Fsp3) is 0. The van der Waals surface area contributed by atoms with Gasteiger partial charge in [-0.15, -0.1) is 0 Å². The van der Waals surface area contributed by atoms with Crippen LogP contribution in [-0.2, 0) is 0 Å². The molecular formula is C14H11BrN2O5. The first-order chi connectivity index (χ1) is 10.4. The molecule has 114 valence electrons. The molecule has 2 rings (SSSR count). The molecule has 0 heterocycles. The zero-order valence-electron chi connectivity index (χ0n) is 11.0. The second-order valence-corrected chi connectivity index (χ2v) is 5.18. The maximum absolute atomic E-state index is 11.8. The number of hydrogen-bond donors (Lipinski definition) is 5. The number of carbonyl (C=O) groups is 1. The van der Waals surface area contributed by atoms with E-state index in [-0.39, 0.29) is 11.3 Å². The Morgan fingerprint density at radius 3 is 2.32 bits per heavy atom. The number of nitrogens with zero attached hydrogens (tertiary/aromatic N) is 1. The van der Waals surface area contributed by atoms with Crippen molar-refractivity contribution in [2.24, 2.45) is 5.10 Å². The van der Waals surface area contributed by atoms with Gasteiger partial charge in [-0.05, 0) is 30.3 Å². The fourth-order valence-electron chi connectivity index (χ4n) is 1.59. The SMILES string of the molecule is O=C(N/N=C/c1cc(Br)ccc1O)c1cc(O)c(O)c(O)c1. The van der Waals surface area contributed by atoms with Gasteiger partial charge in [-0.1, -0.05) is 15.9 Å². The van der Waals surface area contributed by atoms with Crippen molar-refractivity contribution in [2.45, 2.75) is 0 Å². The summed E-state index contributed by atoms with van der Waals surface area (Å²) in [6, 6.07) is 6.67. The van der Waals surface area contributed by atoms with E-state index in [0.29, 0.717) is 5.56 Å². The van der Waals surface area contributed by atoms with E-state index >= 15 is 0 Å². The van der Waals surface area contributed by atoms with Crippen molar-refractivity contribution < 1.29 is 25.2 Å². The standard InChI is InChI=1S/C14H11BrN2O5/c15-9-1-2-10(18)8(3-9)6-16-17-14(22)7-4-11(19)13(21)12(20)5-7/h1-6,18-21H,(H,17,22)/b16-6+. The molecule has 0 spiro atoms. The van der Waals surface area contributed by atoms with Crippen molar-refractivity contribution in [3.8, 4) is 23.0 Å². The Morgan fingerprint density at radius 1 is 1.05 bits per heavy atom. The molecule has 5 N–H and O–H groups in total. The van der Waals surface area contributed by atoms with Crippen LogP contribution < -0.4 is 5.43 Å². The highest BCUT2D eigenvalue weighted by Crippen LogP contribution is 2.35. The van der Waals surface area contributed by atoms with Crippen molar-refractivity contribution in [1.82, 2.24) is 5.43 Å². The molecular weight excluding hydrogens is 356 g/mol. The Morgan fingerprint density at radius 2 is 1.68 bits per heavy atom. The van der Waals surface area contributed by atoms with Crippen molar-refractivity contribution >= 4 is 28.1 Å². The van der Waals surface area contributed by atoms with Gasteiger partial charge in [0.2, 0.25) is 0 Å². The van der Waals surface area contributed by atoms with Crippen LogP contribution in [0.25, 0.3) is 0 Å². The van der Waals surface area contributed by atoms with Gasteiger partial charge in [-0.2, -0.15) is 5.10 Å². The lowest BCUT2D eigenvalue weighted by molar-refractivity contribution is 0.0954. The minimum Gasteiger partial charge on any atom is -0.507 e. The Balaban J connectivity index is 2.13. The molecule has 0 aliphatic carbocycles. The van der Waals surface area contributed by atoms with Crippen LogP contribution in [0.2, 0.25) is 0 Å². The predicted molar refractivity (Wildman–Crippen MR) is 82.3 cm³/mol. The van der Waals surface area contributed by atoms with E-state index in [1.165, 1.54) is 12.3 Å². The van der Waals surface area contributed by atoms with Crippen molar-refractivity contribution in [3.05, 3.63) is 45.9 Å². The van der Waals surface area contributed by atoms with E-state index in [2.05, 4.69) is 26.5 Å². The van der Waals surface area contributed by atoms with Gasteiger partial charge in [0.05, 0.1) is 6.21 Å². The number of phenols is 4. The second-order valence-electron chi connectivity index (χ2n) is 4.27. The number of benzene rings is 2. The second kappa shape index (κ2) is 6.35. The summed E-state index contributed by atoms with van der Waals surface area (Å²) in [5, 5.41) is 41.1. The third-order valence-electron chi connectivity index (χ3n) is 2.69. The van der Waals surface area contributed by atoms with Crippen molar-refractivity contribution in [1.29, 1.82) is 0 Å². The number of rotatable bonds is 3. The molecule has 0 saturated carbocycles. The van der Waals surface area contributed by atoms with Crippen LogP contribution in [0.5, 0.6) is 23.0 Å². The molecule has 0 radical (unpaired) electrons. The third kappa shape index (κ3) is 3.47. The van der Waals surface area contributed by atoms with Crippen LogP contribution >= 0.6 is 15.9 Å². The molecule has 0 bridgehead atoms. The van der Waals surface area contributed by atoms with Gasteiger partial charge in [0.1, 0.15) is 5.75 Å². The van der Waals surface area contributed by atoms with Gasteiger partial charge in [-0.3, -0.25) is 4.79 Å². The van der Waals surface area contributed by atoms with Crippen LogP contribution in [0.1, 0.15) is 15.9 Å². The molecule has 0 aliphatic heterocycles. The highest BCUT2D eigenvalue weighted by atomic mass is 79.9. The predicted octanol–water partition coefficient (Wildman–Crippen LogP) is 2.04. The van der Waals surface area contributed by atoms with Gasteiger partial charge >= 0.3 is 0 Å². The lowest BCUT2D eigenvalue weighted by Gasteiger charge is -2.04. The maximum atomic E-state index is 11.8. The first-order valence-corrected chi connectivity index (χ1v) is 6.74. The van der Waals surface area contributed by atoms with E-state index in [1.54, 1.807) is 12.1 Å². The Labute approximate surface area is 133 Å². The molecule has 7 nitrogen and oxygen atoms in total. The summed E-state index contributed by atoms with van der Waals surface area (Å²) in [5.41, 5.74) is 2.45. The molecule has 22 heavy (non-hydrogen) atoms. The van der Waals surface area contributed by atoms with Crippen molar-refractivity contribution in [3.63, 3.8) is 0 Å². The Hall–Kier alpha value is -2.74. The summed E-state index contributed by atoms with van der Waals surface area (Å²) in [5.74, 6) is -2.69. The van der Waals surface area contributed by atoms with Crippen LogP contribution in [0.4, 0.5) is 0 Å². The number of phenolic OH excluding ortho intramolecular Hbond substituents is 4. The topological polar surface area (TPSA) is 122 Å². The normalized spacial score (nSPS) is 10.8. The average molecular weight is 367 g/mol. The van der Waals surface area contributed by atoms with Crippen LogP contribution in [0, 0.1) is 0 Å². The largest absolute Gasteiger partial charge is 0.507 e. The highest BCUT2D eigenvalue weighted by Gasteiger charge is 2.12. The van der Waals surface area contributed by atoms with Crippen molar-refractivity contribution in [2.75, 3.05) is 0 Å². The minimum atomic E-state index is -0.712. The van der Waals surface area contributed by atoms with Crippen LogP contribution in [-0.4, -0.2) is 32.5 Å². The summed E-state index contributed by atoms with van der Waals surface area (Å²) in [4.78, 5) is 11.8. The maximum Gasteiger partial charge on any atom is 0.271 e. The smallest absolute Gasteiger partial charge is 0.271 e. The first kappa shape index (κ1) is 15.6. The molecule has 0 aromatic heterocycles. The van der Waals surface area contributed by atoms with E-state index in [1.807, 2.05) is 0 Å². The van der Waals surface area contributed by atoms with E-state index in [0.717, 1.165) is 16.6 Å². The van der Waals surface area contributed by atoms with Crippen LogP contribution in [0.3, 0.4) is 0 Å². The van der Waals surface area contributed by atoms with E-state index < -0.39 is 23.2 Å². The summed E-state index contributed by atoms with van der Waals surface area (Å²) >= 11 is 3.24. The number of aromatic hydroxyl groups is 4. The highest BCUT2D eigenvalue weighted by molar-refractivity contribution is 9.10. The van der Waals surface area contributed by atoms with E-state index in [9.17, 15) is 25.2 Å². The average Bonchev–Trinajstić information content (AvgIpc) is 2.47. The number of amides is 1. The summed E-state index contributed by atoms with van der Waals surface area (Å²) in [7, 11) is 0. The van der Waals surface area contributed by atoms with Gasteiger partial charge < -0.3 is 20.4 Å². The molecule has 0 atom stereocenters. The molecule has 0 aliphatic rings. The number of hydrazone groups is 1. The van der Waals surface area contributed by atoms with Gasteiger partial charge in [0.25, 0.3) is 5.91 Å². The molecule has 2 aromatic carbocycles. The van der Waals surface area contributed by atoms with E-state index in [4.69, 9.17) is 0 Å².